The van der Waals surface area contributed by atoms with Crippen LogP contribution in [-0.2, 0) is 9.53 Å². The minimum absolute atomic E-state index is 0.297. The van der Waals surface area contributed by atoms with Crippen molar-refractivity contribution in [2.24, 2.45) is 10.7 Å². The van der Waals surface area contributed by atoms with Gasteiger partial charge in [-0.15, -0.1) is 0 Å². The number of methoxy groups -OCH3 is 2. The maximum Gasteiger partial charge on any atom is 0.341 e. The van der Waals surface area contributed by atoms with E-state index in [1.54, 1.807) is 34.1 Å². The first-order chi connectivity index (χ1) is 11.0. The van der Waals surface area contributed by atoms with Crippen LogP contribution in [0.2, 0.25) is 0 Å². The number of thioether (sulfide) groups is 1. The number of hydrogen-bond acceptors (Lipinski definition) is 7. The zero-order valence-corrected chi connectivity index (χ0v) is 14.4. The molecule has 1 heterocycles. The fourth-order valence-electron chi connectivity index (χ4n) is 2.26. The molecule has 0 bridgehead atoms. The molecule has 1 aliphatic heterocycles. The molecule has 23 heavy (non-hydrogen) atoms. The molecule has 0 spiro atoms. The van der Waals surface area contributed by atoms with E-state index in [4.69, 9.17) is 19.9 Å². The van der Waals surface area contributed by atoms with Crippen LogP contribution in [0.1, 0.15) is 19.4 Å². The van der Waals surface area contributed by atoms with E-state index in [-0.39, 0.29) is 0 Å². The van der Waals surface area contributed by atoms with Crippen LogP contribution >= 0.6 is 11.8 Å². The number of rotatable bonds is 5. The van der Waals surface area contributed by atoms with E-state index in [9.17, 15) is 4.79 Å². The molecule has 0 saturated carbocycles. The SMILES string of the molecule is CCOC(=O)C1=C(c2ccc(OC)c(OC)c2)SC(N)N=C1C. The van der Waals surface area contributed by atoms with Crippen molar-refractivity contribution in [2.75, 3.05) is 20.8 Å². The van der Waals surface area contributed by atoms with Crippen LogP contribution in [0.25, 0.3) is 4.91 Å². The zero-order valence-electron chi connectivity index (χ0n) is 13.6. The lowest BCUT2D eigenvalue weighted by atomic mass is 10.1. The third-order valence-corrected chi connectivity index (χ3v) is 4.30. The second kappa shape index (κ2) is 7.52. The number of nitrogens with two attached hydrogens (primary N) is 1. The third kappa shape index (κ3) is 3.68. The molecule has 0 aliphatic carbocycles. The lowest BCUT2D eigenvalue weighted by molar-refractivity contribution is -0.137. The summed E-state index contributed by atoms with van der Waals surface area (Å²) >= 11 is 1.31. The molecule has 2 N–H and O–H groups in total. The molecule has 1 atom stereocenters. The fraction of sp³-hybridized carbons (Fsp3) is 0.375. The second-order valence-electron chi connectivity index (χ2n) is 4.72. The molecule has 0 saturated heterocycles. The second-order valence-corrected chi connectivity index (χ2v) is 5.84. The maximum atomic E-state index is 12.3. The number of carbonyl (C=O) groups is 1. The molecule has 1 unspecified atom stereocenters. The first-order valence-corrected chi connectivity index (χ1v) is 8.00. The molecule has 7 heteroatoms. The summed E-state index contributed by atoms with van der Waals surface area (Å²) in [5.74, 6) is 0.790. The molecule has 1 aliphatic rings. The Morgan fingerprint density at radius 1 is 1.30 bits per heavy atom. The van der Waals surface area contributed by atoms with E-state index in [0.29, 0.717) is 29.4 Å². The van der Waals surface area contributed by atoms with Crippen molar-refractivity contribution in [3.63, 3.8) is 0 Å². The van der Waals surface area contributed by atoms with Crippen LogP contribution in [0.5, 0.6) is 11.5 Å². The zero-order chi connectivity index (χ0) is 17.0. The number of aliphatic imine (C=N–C) groups is 1. The van der Waals surface area contributed by atoms with Crippen LogP contribution in [0.15, 0.2) is 28.8 Å². The quantitative estimate of drug-likeness (QED) is 0.832. The van der Waals surface area contributed by atoms with Gasteiger partial charge in [0.2, 0.25) is 0 Å². The molecule has 0 fully saturated rings. The van der Waals surface area contributed by atoms with Gasteiger partial charge in [-0.3, -0.25) is 4.99 Å². The first-order valence-electron chi connectivity index (χ1n) is 7.12. The lowest BCUT2D eigenvalue weighted by Crippen LogP contribution is -2.24. The van der Waals surface area contributed by atoms with E-state index in [0.717, 1.165) is 10.5 Å². The average molecular weight is 336 g/mol. The predicted molar refractivity (Wildman–Crippen MR) is 91.8 cm³/mol. The van der Waals surface area contributed by atoms with E-state index in [2.05, 4.69) is 4.99 Å². The van der Waals surface area contributed by atoms with Gasteiger partial charge < -0.3 is 19.9 Å². The van der Waals surface area contributed by atoms with Crippen molar-refractivity contribution in [1.29, 1.82) is 0 Å². The molecule has 0 radical (unpaired) electrons. The third-order valence-electron chi connectivity index (χ3n) is 3.27. The number of ether oxygens (including phenoxy) is 3. The smallest absolute Gasteiger partial charge is 0.341 e. The Morgan fingerprint density at radius 3 is 2.61 bits per heavy atom. The maximum absolute atomic E-state index is 12.3. The Labute approximate surface area is 139 Å². The number of benzene rings is 1. The van der Waals surface area contributed by atoms with Crippen LogP contribution in [-0.4, -0.2) is 38.0 Å². The van der Waals surface area contributed by atoms with Crippen molar-refractivity contribution in [1.82, 2.24) is 0 Å². The highest BCUT2D eigenvalue weighted by molar-refractivity contribution is 8.09. The van der Waals surface area contributed by atoms with Crippen molar-refractivity contribution >= 4 is 28.3 Å². The topological polar surface area (TPSA) is 83.1 Å². The van der Waals surface area contributed by atoms with Gasteiger partial charge in [-0.25, -0.2) is 4.79 Å². The van der Waals surface area contributed by atoms with Gasteiger partial charge in [0, 0.05) is 4.91 Å². The van der Waals surface area contributed by atoms with Crippen molar-refractivity contribution in [3.8, 4) is 11.5 Å². The highest BCUT2D eigenvalue weighted by atomic mass is 32.2. The molecule has 1 aromatic carbocycles. The largest absolute Gasteiger partial charge is 0.493 e. The molecular formula is C16H20N2O4S. The van der Waals surface area contributed by atoms with Crippen molar-refractivity contribution in [2.45, 2.75) is 19.3 Å². The summed E-state index contributed by atoms with van der Waals surface area (Å²) in [6.45, 7) is 3.82. The van der Waals surface area contributed by atoms with E-state index in [1.807, 2.05) is 12.1 Å². The van der Waals surface area contributed by atoms with E-state index >= 15 is 0 Å². The van der Waals surface area contributed by atoms with Gasteiger partial charge >= 0.3 is 5.97 Å². The van der Waals surface area contributed by atoms with Crippen molar-refractivity contribution < 1.29 is 19.0 Å². The Balaban J connectivity index is 2.57. The van der Waals surface area contributed by atoms with Gasteiger partial charge in [-0.1, -0.05) is 11.8 Å². The standard InChI is InChI=1S/C16H20N2O4S/c1-5-22-15(19)13-9(2)18-16(17)23-14(13)10-6-7-11(20-3)12(8-10)21-4/h6-8,16H,5,17H2,1-4H3. The van der Waals surface area contributed by atoms with Gasteiger partial charge in [-0.05, 0) is 37.6 Å². The summed E-state index contributed by atoms with van der Waals surface area (Å²) < 4.78 is 15.7. The van der Waals surface area contributed by atoms with Crippen LogP contribution < -0.4 is 15.2 Å². The summed E-state index contributed by atoms with van der Waals surface area (Å²) in [6.07, 6.45) is 0. The summed E-state index contributed by atoms with van der Waals surface area (Å²) in [7, 11) is 3.14. The fourth-order valence-corrected chi connectivity index (χ4v) is 3.32. The highest BCUT2D eigenvalue weighted by Crippen LogP contribution is 2.40. The van der Waals surface area contributed by atoms with Gasteiger partial charge in [0.15, 0.2) is 11.5 Å². The minimum Gasteiger partial charge on any atom is -0.493 e. The Kier molecular flexibility index (Phi) is 5.68. The highest BCUT2D eigenvalue weighted by Gasteiger charge is 2.27. The normalized spacial score (nSPS) is 17.6. The van der Waals surface area contributed by atoms with Gasteiger partial charge in [0.1, 0.15) is 5.50 Å². The summed E-state index contributed by atoms with van der Waals surface area (Å²) in [4.78, 5) is 17.3. The van der Waals surface area contributed by atoms with E-state index in [1.165, 1.54) is 11.8 Å². The summed E-state index contributed by atoms with van der Waals surface area (Å²) in [5, 5.41) is 0. The van der Waals surface area contributed by atoms with Crippen LogP contribution in [0.4, 0.5) is 0 Å². The number of hydrogen-bond donors (Lipinski definition) is 1. The predicted octanol–water partition coefficient (Wildman–Crippen LogP) is 2.43. The molecule has 0 amide bonds. The molecule has 124 valence electrons. The molecule has 1 aromatic rings. The van der Waals surface area contributed by atoms with Crippen molar-refractivity contribution in [3.05, 3.63) is 29.3 Å². The number of nitrogens with zero attached hydrogens (tertiary/aromatic N) is 1. The minimum atomic E-state index is -0.462. The summed E-state index contributed by atoms with van der Waals surface area (Å²) in [5.41, 5.74) is 7.30. The monoisotopic (exact) mass is 336 g/mol. The van der Waals surface area contributed by atoms with Crippen LogP contribution in [0.3, 0.4) is 0 Å². The molecule has 0 aromatic heterocycles. The first kappa shape index (κ1) is 17.4. The lowest BCUT2D eigenvalue weighted by Gasteiger charge is -2.22. The molecule has 6 nitrogen and oxygen atoms in total. The van der Waals surface area contributed by atoms with Crippen LogP contribution in [0, 0.1) is 0 Å². The molecule has 2 rings (SSSR count). The molecular weight excluding hydrogens is 316 g/mol. The van der Waals surface area contributed by atoms with E-state index < -0.39 is 11.5 Å². The Morgan fingerprint density at radius 2 is 2.00 bits per heavy atom. The Bertz CT molecular complexity index is 670. The van der Waals surface area contributed by atoms with Gasteiger partial charge in [-0.2, -0.15) is 0 Å². The summed E-state index contributed by atoms with van der Waals surface area (Å²) in [6, 6.07) is 5.46. The Hall–Kier alpha value is -1.99. The average Bonchev–Trinajstić information content (AvgIpc) is 2.53. The number of carbonyl (C=O) groups excluding carboxylic acids is 1. The number of esters is 1. The van der Waals surface area contributed by atoms with Gasteiger partial charge in [0.25, 0.3) is 0 Å². The van der Waals surface area contributed by atoms with Gasteiger partial charge in [0.05, 0.1) is 32.1 Å².